The number of thiol groups is 1. The smallest absolute Gasteiger partial charge is 0.327 e. The van der Waals surface area contributed by atoms with Gasteiger partial charge >= 0.3 is 5.97 Å². The van der Waals surface area contributed by atoms with Gasteiger partial charge in [0.05, 0.1) is 12.5 Å². The summed E-state index contributed by atoms with van der Waals surface area (Å²) in [6.45, 7) is 3.79. The van der Waals surface area contributed by atoms with Crippen LogP contribution in [0.4, 0.5) is 0 Å². The van der Waals surface area contributed by atoms with E-state index < -0.39 is 60.2 Å². The predicted octanol–water partition coefficient (Wildman–Crippen LogP) is -3.24. The van der Waals surface area contributed by atoms with Gasteiger partial charge in [0.2, 0.25) is 23.6 Å². The fourth-order valence-electron chi connectivity index (χ4n) is 2.74. The molecule has 0 rings (SSSR count). The van der Waals surface area contributed by atoms with Crippen LogP contribution in [0.2, 0.25) is 0 Å². The van der Waals surface area contributed by atoms with Gasteiger partial charge in [0, 0.05) is 12.3 Å². The number of nitrogens with two attached hydrogens (primary N) is 4. The normalized spacial score (nSPS) is 15.1. The van der Waals surface area contributed by atoms with E-state index in [0.717, 1.165) is 0 Å². The molecule has 5 unspecified atom stereocenters. The van der Waals surface area contributed by atoms with Crippen molar-refractivity contribution in [2.45, 2.75) is 63.7 Å². The lowest BCUT2D eigenvalue weighted by molar-refractivity contribution is -0.141. The Bertz CT molecular complexity index is 761. The van der Waals surface area contributed by atoms with Crippen molar-refractivity contribution >= 4 is 48.2 Å². The summed E-state index contributed by atoms with van der Waals surface area (Å²) in [4.78, 5) is 64.4. The fourth-order valence-corrected chi connectivity index (χ4v) is 2.99. The maximum atomic E-state index is 12.9. The van der Waals surface area contributed by atoms with E-state index in [1.165, 1.54) is 0 Å². The molecule has 0 aliphatic carbocycles. The van der Waals surface area contributed by atoms with Gasteiger partial charge < -0.3 is 44.0 Å². The first-order valence-electron chi connectivity index (χ1n) is 10.7. The molecule has 0 aromatic heterocycles. The molecule has 0 saturated carbocycles. The van der Waals surface area contributed by atoms with Crippen LogP contribution in [0.1, 0.15) is 39.5 Å². The second-order valence-corrected chi connectivity index (χ2v) is 8.11. The number of amides is 4. The molecule has 15 heteroatoms. The van der Waals surface area contributed by atoms with Gasteiger partial charge in [-0.1, -0.05) is 20.3 Å². The Morgan fingerprint density at radius 1 is 0.971 bits per heavy atom. The van der Waals surface area contributed by atoms with Crippen molar-refractivity contribution in [3.8, 4) is 0 Å². The molecule has 0 aliphatic rings. The average molecular weight is 505 g/mol. The summed E-state index contributed by atoms with van der Waals surface area (Å²) in [7, 11) is 0. The minimum absolute atomic E-state index is 0.0786. The third kappa shape index (κ3) is 11.7. The van der Waals surface area contributed by atoms with E-state index >= 15 is 0 Å². The maximum absolute atomic E-state index is 12.9. The zero-order chi connectivity index (χ0) is 26.4. The van der Waals surface area contributed by atoms with Crippen LogP contribution in [0.5, 0.6) is 0 Å². The number of nitrogens with one attached hydrogen (secondary N) is 3. The van der Waals surface area contributed by atoms with Gasteiger partial charge in [0.25, 0.3) is 0 Å². The molecule has 4 amide bonds. The van der Waals surface area contributed by atoms with Crippen LogP contribution >= 0.6 is 12.6 Å². The number of nitrogens with zero attached hydrogens (tertiary/aromatic N) is 1. The highest BCUT2D eigenvalue weighted by Gasteiger charge is 2.32. The van der Waals surface area contributed by atoms with Crippen molar-refractivity contribution in [3.05, 3.63) is 0 Å². The van der Waals surface area contributed by atoms with Crippen molar-refractivity contribution in [1.29, 1.82) is 0 Å². The van der Waals surface area contributed by atoms with E-state index in [4.69, 9.17) is 28.0 Å². The molecule has 5 atom stereocenters. The topological polar surface area (TPSA) is 258 Å². The molecule has 14 nitrogen and oxygen atoms in total. The van der Waals surface area contributed by atoms with Crippen LogP contribution in [0, 0.1) is 5.92 Å². The Kier molecular flexibility index (Phi) is 14.3. The number of aliphatic imine (C=N–C) groups is 1. The van der Waals surface area contributed by atoms with E-state index in [0.29, 0.717) is 12.8 Å². The second-order valence-electron chi connectivity index (χ2n) is 7.74. The zero-order valence-corrected chi connectivity index (χ0v) is 20.2. The Balaban J connectivity index is 5.37. The molecule has 0 aromatic carbocycles. The number of aliphatic carboxylic acids is 1. The molecule has 0 saturated heterocycles. The third-order valence-corrected chi connectivity index (χ3v) is 5.30. The Morgan fingerprint density at radius 2 is 1.56 bits per heavy atom. The van der Waals surface area contributed by atoms with Crippen LogP contribution in [0.15, 0.2) is 4.99 Å². The van der Waals surface area contributed by atoms with Gasteiger partial charge in [0.15, 0.2) is 5.96 Å². The van der Waals surface area contributed by atoms with Crippen LogP contribution < -0.4 is 38.9 Å². The van der Waals surface area contributed by atoms with Gasteiger partial charge in [-0.2, -0.15) is 12.6 Å². The number of primary amides is 1. The maximum Gasteiger partial charge on any atom is 0.327 e. The number of hydrogen-bond acceptors (Lipinski definition) is 8. The standard InChI is InChI=1S/C19H36N8O6S/c1-3-9(2)14(27-15(29)10(20)5-4-6-24-19(22)23)17(31)25-11(7-13(21)28)16(30)26-12(8-34)18(32)33/h9-12,14,34H,3-8,20H2,1-2H3,(H2,21,28)(H,25,31)(H,26,30)(H,27,29)(H,32,33)(H4,22,23,24). The first kappa shape index (κ1) is 30.9. The van der Waals surface area contributed by atoms with Crippen LogP contribution in [0.3, 0.4) is 0 Å². The number of hydrogen-bond donors (Lipinski definition) is 9. The highest BCUT2D eigenvalue weighted by molar-refractivity contribution is 7.80. The quantitative estimate of drug-likeness (QED) is 0.0442. The highest BCUT2D eigenvalue weighted by atomic mass is 32.1. The Hall–Kier alpha value is -3.07. The first-order valence-corrected chi connectivity index (χ1v) is 11.3. The van der Waals surface area contributed by atoms with Crippen molar-refractivity contribution < 1.29 is 29.1 Å². The van der Waals surface area contributed by atoms with Gasteiger partial charge in [-0.15, -0.1) is 0 Å². The van der Waals surface area contributed by atoms with Crippen LogP contribution in [-0.4, -0.2) is 77.1 Å². The predicted molar refractivity (Wildman–Crippen MR) is 128 cm³/mol. The van der Waals surface area contributed by atoms with Crippen LogP contribution in [-0.2, 0) is 24.0 Å². The summed E-state index contributed by atoms with van der Waals surface area (Å²) in [6.07, 6.45) is 0.599. The van der Waals surface area contributed by atoms with Crippen molar-refractivity contribution in [1.82, 2.24) is 16.0 Å². The molecule has 0 fully saturated rings. The number of carboxylic acids is 1. The van der Waals surface area contributed by atoms with E-state index in [1.807, 2.05) is 0 Å². The molecule has 12 N–H and O–H groups in total. The SMILES string of the molecule is CCC(C)C(NC(=O)C(N)CCCN=C(N)N)C(=O)NC(CC(N)=O)C(=O)NC(CS)C(=O)O. The summed E-state index contributed by atoms with van der Waals surface area (Å²) in [5.74, 6) is -5.18. The summed E-state index contributed by atoms with van der Waals surface area (Å²) in [5.41, 5.74) is 21.6. The lowest BCUT2D eigenvalue weighted by Crippen LogP contribution is -2.59. The number of rotatable bonds is 16. The van der Waals surface area contributed by atoms with Gasteiger partial charge in [-0.3, -0.25) is 24.2 Å². The Labute approximate surface area is 203 Å². The van der Waals surface area contributed by atoms with E-state index in [2.05, 4.69) is 33.6 Å². The molecular formula is C19H36N8O6S. The monoisotopic (exact) mass is 504 g/mol. The molecule has 0 aliphatic heterocycles. The minimum Gasteiger partial charge on any atom is -0.480 e. The van der Waals surface area contributed by atoms with Gasteiger partial charge in [-0.05, 0) is 18.8 Å². The molecule has 0 aromatic rings. The van der Waals surface area contributed by atoms with Crippen molar-refractivity contribution in [2.75, 3.05) is 12.3 Å². The molecule has 0 heterocycles. The minimum atomic E-state index is -1.46. The van der Waals surface area contributed by atoms with Gasteiger partial charge in [0.1, 0.15) is 18.1 Å². The van der Waals surface area contributed by atoms with Crippen molar-refractivity contribution in [2.24, 2.45) is 33.8 Å². The highest BCUT2D eigenvalue weighted by Crippen LogP contribution is 2.10. The summed E-state index contributed by atoms with van der Waals surface area (Å²) in [5, 5.41) is 16.2. The number of guanidine groups is 1. The molecule has 0 spiro atoms. The number of carbonyl (C=O) groups excluding carboxylic acids is 4. The number of carbonyl (C=O) groups is 5. The number of carboxylic acid groups (broad SMARTS) is 1. The summed E-state index contributed by atoms with van der Waals surface area (Å²) in [6, 6.07) is -4.82. The van der Waals surface area contributed by atoms with Gasteiger partial charge in [-0.25, -0.2) is 4.79 Å². The molecule has 194 valence electrons. The molecule has 0 bridgehead atoms. The lowest BCUT2D eigenvalue weighted by atomic mass is 9.97. The Morgan fingerprint density at radius 3 is 2.03 bits per heavy atom. The third-order valence-electron chi connectivity index (χ3n) is 4.93. The molecular weight excluding hydrogens is 468 g/mol. The van der Waals surface area contributed by atoms with Crippen molar-refractivity contribution in [3.63, 3.8) is 0 Å². The first-order chi connectivity index (χ1) is 15.8. The molecule has 34 heavy (non-hydrogen) atoms. The van der Waals surface area contributed by atoms with Crippen LogP contribution in [0.25, 0.3) is 0 Å². The second kappa shape index (κ2) is 15.7. The van der Waals surface area contributed by atoms with E-state index in [9.17, 15) is 24.0 Å². The summed E-state index contributed by atoms with van der Waals surface area (Å²) < 4.78 is 0. The molecule has 0 radical (unpaired) electrons. The zero-order valence-electron chi connectivity index (χ0n) is 19.3. The lowest BCUT2D eigenvalue weighted by Gasteiger charge is -2.27. The van der Waals surface area contributed by atoms with E-state index in [1.54, 1.807) is 13.8 Å². The fraction of sp³-hybridized carbons (Fsp3) is 0.684. The largest absolute Gasteiger partial charge is 0.480 e. The average Bonchev–Trinajstić information content (AvgIpc) is 2.76. The van der Waals surface area contributed by atoms with E-state index in [-0.39, 0.29) is 30.6 Å². The summed E-state index contributed by atoms with van der Waals surface area (Å²) >= 11 is 3.85.